The molecule has 1 aromatic heterocycles. The fraction of sp³-hybridized carbons (Fsp3) is 0.500. The molecule has 2 aliphatic heterocycles. The number of fused-ring (bicyclic) bond motifs is 1. The van der Waals surface area contributed by atoms with E-state index in [-0.39, 0.29) is 0 Å². The summed E-state index contributed by atoms with van der Waals surface area (Å²) in [7, 11) is 0. The molecule has 0 amide bonds. The van der Waals surface area contributed by atoms with Gasteiger partial charge in [-0.05, 0) is 50.9 Å². The maximum absolute atomic E-state index is 4.24. The van der Waals surface area contributed by atoms with E-state index in [0.717, 1.165) is 6.04 Å². The lowest BCUT2D eigenvalue weighted by Crippen LogP contribution is -2.43. The van der Waals surface area contributed by atoms with Crippen molar-refractivity contribution in [3.8, 4) is 0 Å². The van der Waals surface area contributed by atoms with Crippen molar-refractivity contribution in [3.05, 3.63) is 36.7 Å². The quantitative estimate of drug-likeness (QED) is 0.842. The lowest BCUT2D eigenvalue weighted by atomic mass is 10.0. The fourth-order valence-corrected chi connectivity index (χ4v) is 3.96. The average molecular weight is 281 g/mol. The lowest BCUT2D eigenvalue weighted by molar-refractivity contribution is 0.208. The molecule has 0 atom stereocenters. The number of likely N-dealkylation sites (tertiary alicyclic amines) is 1. The molecule has 0 aliphatic carbocycles. The largest absolute Gasteiger partial charge is 0.371 e. The number of anilines is 1. The second-order valence-corrected chi connectivity index (χ2v) is 6.34. The number of benzene rings is 1. The summed E-state index contributed by atoms with van der Waals surface area (Å²) in [6.45, 7) is 5.01. The predicted octanol–water partition coefficient (Wildman–Crippen LogP) is 3.30. The Hall–Kier alpha value is -1.61. The van der Waals surface area contributed by atoms with Crippen molar-refractivity contribution >= 4 is 16.5 Å². The van der Waals surface area contributed by atoms with Crippen molar-refractivity contribution in [3.63, 3.8) is 0 Å². The summed E-state index contributed by atoms with van der Waals surface area (Å²) < 4.78 is 0. The minimum Gasteiger partial charge on any atom is -0.371 e. The molecule has 3 heteroatoms. The van der Waals surface area contributed by atoms with Gasteiger partial charge in [0.05, 0.1) is 0 Å². The third-order valence-corrected chi connectivity index (χ3v) is 5.12. The van der Waals surface area contributed by atoms with E-state index in [1.165, 1.54) is 68.3 Å². The van der Waals surface area contributed by atoms with Crippen LogP contribution >= 0.6 is 0 Å². The molecule has 2 aromatic rings. The molecule has 3 heterocycles. The molecule has 110 valence electrons. The van der Waals surface area contributed by atoms with E-state index in [1.54, 1.807) is 0 Å². The average Bonchev–Trinajstić information content (AvgIpc) is 3.09. The van der Waals surface area contributed by atoms with Gasteiger partial charge in [-0.15, -0.1) is 0 Å². The molecule has 0 spiro atoms. The van der Waals surface area contributed by atoms with Crippen molar-refractivity contribution in [1.29, 1.82) is 0 Å². The Morgan fingerprint density at radius 3 is 2.57 bits per heavy atom. The van der Waals surface area contributed by atoms with E-state index in [9.17, 15) is 0 Å². The molecule has 2 fully saturated rings. The first-order chi connectivity index (χ1) is 10.4. The number of aromatic nitrogens is 1. The van der Waals surface area contributed by atoms with E-state index in [1.807, 2.05) is 12.4 Å². The molecule has 0 radical (unpaired) electrons. The van der Waals surface area contributed by atoms with Gasteiger partial charge in [0.2, 0.25) is 0 Å². The highest BCUT2D eigenvalue weighted by Gasteiger charge is 2.26. The fourth-order valence-electron chi connectivity index (χ4n) is 3.96. The molecule has 4 rings (SSSR count). The third-order valence-electron chi connectivity index (χ3n) is 5.12. The molecule has 0 N–H and O–H groups in total. The molecule has 1 aromatic carbocycles. The molecular weight excluding hydrogens is 258 g/mol. The molecule has 21 heavy (non-hydrogen) atoms. The van der Waals surface area contributed by atoms with E-state index in [4.69, 9.17) is 0 Å². The van der Waals surface area contributed by atoms with Gasteiger partial charge in [-0.25, -0.2) is 0 Å². The van der Waals surface area contributed by atoms with Crippen LogP contribution in [0.5, 0.6) is 0 Å². The van der Waals surface area contributed by atoms with Crippen molar-refractivity contribution in [2.75, 3.05) is 31.1 Å². The first-order valence-corrected chi connectivity index (χ1v) is 8.23. The minimum atomic E-state index is 0.820. The van der Waals surface area contributed by atoms with Crippen LogP contribution in [0.4, 0.5) is 5.69 Å². The highest BCUT2D eigenvalue weighted by atomic mass is 15.2. The predicted molar refractivity (Wildman–Crippen MR) is 87.8 cm³/mol. The number of hydrogen-bond acceptors (Lipinski definition) is 3. The number of pyridine rings is 1. The Morgan fingerprint density at radius 1 is 0.952 bits per heavy atom. The van der Waals surface area contributed by atoms with Crippen LogP contribution < -0.4 is 4.90 Å². The third kappa shape index (κ3) is 2.51. The minimum absolute atomic E-state index is 0.820. The van der Waals surface area contributed by atoms with Gasteiger partial charge in [-0.1, -0.05) is 12.1 Å². The second kappa shape index (κ2) is 5.64. The standard InChI is InChI=1S/C18H23N3/c1-2-11-20(10-1)16-7-12-21(13-8-16)18-5-3-4-15-14-19-9-6-17(15)18/h3-6,9,14,16H,1-2,7-8,10-13H2. The van der Waals surface area contributed by atoms with E-state index < -0.39 is 0 Å². The van der Waals surface area contributed by atoms with Gasteiger partial charge >= 0.3 is 0 Å². The summed E-state index contributed by atoms with van der Waals surface area (Å²) in [6, 6.07) is 9.55. The SMILES string of the molecule is c1cc(N2CCC(N3CCCC3)CC2)c2ccncc2c1. The molecule has 2 saturated heterocycles. The lowest BCUT2D eigenvalue weighted by Gasteiger charge is -2.38. The Bertz CT molecular complexity index is 605. The molecule has 3 nitrogen and oxygen atoms in total. The van der Waals surface area contributed by atoms with Crippen LogP contribution in [0.15, 0.2) is 36.7 Å². The first-order valence-electron chi connectivity index (χ1n) is 8.23. The highest BCUT2D eigenvalue weighted by Crippen LogP contribution is 2.30. The summed E-state index contributed by atoms with van der Waals surface area (Å²) in [6.07, 6.45) is 9.29. The topological polar surface area (TPSA) is 19.4 Å². The second-order valence-electron chi connectivity index (χ2n) is 6.34. The number of hydrogen-bond donors (Lipinski definition) is 0. The summed E-state index contributed by atoms with van der Waals surface area (Å²) >= 11 is 0. The van der Waals surface area contributed by atoms with Gasteiger partial charge in [0.1, 0.15) is 0 Å². The van der Waals surface area contributed by atoms with Crippen molar-refractivity contribution < 1.29 is 0 Å². The molecule has 0 bridgehead atoms. The van der Waals surface area contributed by atoms with Crippen LogP contribution in [-0.4, -0.2) is 42.1 Å². The number of piperidine rings is 1. The summed E-state index contributed by atoms with van der Waals surface area (Å²) in [5.41, 5.74) is 1.38. The van der Waals surface area contributed by atoms with E-state index >= 15 is 0 Å². The first kappa shape index (κ1) is 13.1. The number of nitrogens with zero attached hydrogens (tertiary/aromatic N) is 3. The summed E-state index contributed by atoms with van der Waals surface area (Å²) in [5, 5.41) is 2.59. The zero-order valence-electron chi connectivity index (χ0n) is 12.5. The van der Waals surface area contributed by atoms with Crippen LogP contribution in [0, 0.1) is 0 Å². The normalized spacial score (nSPS) is 21.2. The Labute approximate surface area is 126 Å². The van der Waals surface area contributed by atoms with E-state index in [0.29, 0.717) is 0 Å². The smallest absolute Gasteiger partial charge is 0.0447 e. The highest BCUT2D eigenvalue weighted by molar-refractivity contribution is 5.93. The monoisotopic (exact) mass is 281 g/mol. The van der Waals surface area contributed by atoms with Gasteiger partial charge in [0, 0.05) is 48.0 Å². The zero-order valence-corrected chi connectivity index (χ0v) is 12.5. The van der Waals surface area contributed by atoms with Crippen LogP contribution in [0.25, 0.3) is 10.8 Å². The molecule has 2 aliphatic rings. The van der Waals surface area contributed by atoms with Crippen molar-refractivity contribution in [2.24, 2.45) is 0 Å². The van der Waals surface area contributed by atoms with Crippen LogP contribution in [0.2, 0.25) is 0 Å². The Kier molecular flexibility index (Phi) is 3.52. The Morgan fingerprint density at radius 2 is 1.76 bits per heavy atom. The van der Waals surface area contributed by atoms with Crippen molar-refractivity contribution in [2.45, 2.75) is 31.7 Å². The van der Waals surface area contributed by atoms with Gasteiger partial charge in [0.15, 0.2) is 0 Å². The Balaban J connectivity index is 1.52. The maximum atomic E-state index is 4.24. The molecule has 0 unspecified atom stereocenters. The van der Waals surface area contributed by atoms with Crippen LogP contribution in [0.1, 0.15) is 25.7 Å². The summed E-state index contributed by atoms with van der Waals surface area (Å²) in [5.74, 6) is 0. The van der Waals surface area contributed by atoms with E-state index in [2.05, 4.69) is 39.0 Å². The summed E-state index contributed by atoms with van der Waals surface area (Å²) in [4.78, 5) is 9.52. The van der Waals surface area contributed by atoms with Crippen LogP contribution in [-0.2, 0) is 0 Å². The molecule has 0 saturated carbocycles. The zero-order chi connectivity index (χ0) is 14.1. The van der Waals surface area contributed by atoms with Crippen LogP contribution in [0.3, 0.4) is 0 Å². The molecular formula is C18H23N3. The maximum Gasteiger partial charge on any atom is 0.0447 e. The van der Waals surface area contributed by atoms with Crippen molar-refractivity contribution in [1.82, 2.24) is 9.88 Å². The number of rotatable bonds is 2. The van der Waals surface area contributed by atoms with Gasteiger partial charge in [-0.3, -0.25) is 4.98 Å². The van der Waals surface area contributed by atoms with Gasteiger partial charge in [0.25, 0.3) is 0 Å². The van der Waals surface area contributed by atoms with Gasteiger partial charge < -0.3 is 9.80 Å². The van der Waals surface area contributed by atoms with Gasteiger partial charge in [-0.2, -0.15) is 0 Å².